The summed E-state index contributed by atoms with van der Waals surface area (Å²) in [7, 11) is -3.98. The summed E-state index contributed by atoms with van der Waals surface area (Å²) >= 11 is 0. The van der Waals surface area contributed by atoms with Crippen LogP contribution >= 0.6 is 0 Å². The third-order valence-corrected chi connectivity index (χ3v) is 5.58. The Morgan fingerprint density at radius 3 is 2.46 bits per heavy atom. The van der Waals surface area contributed by atoms with Gasteiger partial charge in [-0.2, -0.15) is 13.2 Å². The van der Waals surface area contributed by atoms with E-state index < -0.39 is 34.0 Å². The van der Waals surface area contributed by atoms with Crippen LogP contribution < -0.4 is 4.72 Å². The molecule has 0 aromatic carbocycles. The third-order valence-electron chi connectivity index (χ3n) is 3.97. The molecule has 0 radical (unpaired) electrons. The van der Waals surface area contributed by atoms with Crippen molar-refractivity contribution in [3.8, 4) is 11.1 Å². The number of halogens is 3. The van der Waals surface area contributed by atoms with E-state index in [2.05, 4.69) is 19.7 Å². The Kier molecular flexibility index (Phi) is 4.94. The lowest BCUT2D eigenvalue weighted by Gasteiger charge is -2.22. The lowest BCUT2D eigenvalue weighted by Crippen LogP contribution is -2.46. The average molecular weight is 414 g/mol. The van der Waals surface area contributed by atoms with E-state index in [9.17, 15) is 26.7 Å². The first kappa shape index (κ1) is 20.2. The summed E-state index contributed by atoms with van der Waals surface area (Å²) in [6.45, 7) is 2.61. The lowest BCUT2D eigenvalue weighted by atomic mass is 10.1. The van der Waals surface area contributed by atoms with Crippen molar-refractivity contribution in [2.24, 2.45) is 0 Å². The van der Waals surface area contributed by atoms with E-state index in [1.165, 1.54) is 44.4 Å². The molecule has 7 nitrogen and oxygen atoms in total. The van der Waals surface area contributed by atoms with Crippen LogP contribution in [0.15, 0.2) is 41.7 Å². The molecule has 0 aliphatic rings. The van der Waals surface area contributed by atoms with Gasteiger partial charge in [0.25, 0.3) is 10.0 Å². The Morgan fingerprint density at radius 2 is 1.89 bits per heavy atom. The molecule has 0 fully saturated rings. The maximum atomic E-state index is 12.9. The van der Waals surface area contributed by atoms with Crippen molar-refractivity contribution in [3.05, 3.63) is 42.4 Å². The van der Waals surface area contributed by atoms with Gasteiger partial charge in [0, 0.05) is 23.3 Å². The molecular weight excluding hydrogens is 397 g/mol. The van der Waals surface area contributed by atoms with Gasteiger partial charge in [0.05, 0.1) is 12.1 Å². The summed E-state index contributed by atoms with van der Waals surface area (Å²) in [6.07, 6.45) is -1.93. The highest BCUT2D eigenvalue weighted by atomic mass is 32.2. The van der Waals surface area contributed by atoms with E-state index in [4.69, 9.17) is 0 Å². The zero-order valence-electron chi connectivity index (χ0n) is 14.9. The quantitative estimate of drug-likeness (QED) is 0.595. The minimum absolute atomic E-state index is 0.0629. The molecule has 0 amide bonds. The molecule has 3 aromatic rings. The monoisotopic (exact) mass is 414 g/mol. The predicted octanol–water partition coefficient (Wildman–Crippen LogP) is 2.69. The minimum Gasteiger partial charge on any atom is -0.394 e. The summed E-state index contributed by atoms with van der Waals surface area (Å²) in [5.41, 5.74) is -1.08. The Morgan fingerprint density at radius 1 is 1.18 bits per heavy atom. The molecule has 11 heteroatoms. The highest BCUT2D eigenvalue weighted by Gasteiger charge is 2.33. The molecular formula is C17H17F3N4O3S. The summed E-state index contributed by atoms with van der Waals surface area (Å²) in [5.74, 6) is 0. The Labute approximate surface area is 158 Å². The van der Waals surface area contributed by atoms with Crippen LogP contribution in [0.4, 0.5) is 13.2 Å². The van der Waals surface area contributed by atoms with Gasteiger partial charge in [-0.3, -0.25) is 0 Å². The number of nitrogens with zero attached hydrogens (tertiary/aromatic N) is 2. The predicted molar refractivity (Wildman–Crippen MR) is 95.8 cm³/mol. The van der Waals surface area contributed by atoms with Crippen molar-refractivity contribution in [1.29, 1.82) is 0 Å². The van der Waals surface area contributed by atoms with Crippen LogP contribution in [0.25, 0.3) is 22.2 Å². The van der Waals surface area contributed by atoms with Crippen molar-refractivity contribution in [2.45, 2.75) is 30.6 Å². The molecule has 0 bridgehead atoms. The Balaban J connectivity index is 1.99. The fourth-order valence-electron chi connectivity index (χ4n) is 2.58. The van der Waals surface area contributed by atoms with Gasteiger partial charge in [0.2, 0.25) is 0 Å². The number of aliphatic hydroxyl groups is 1. The highest BCUT2D eigenvalue weighted by molar-refractivity contribution is 7.89. The molecule has 0 aliphatic heterocycles. The number of aromatic nitrogens is 3. The molecule has 0 atom stereocenters. The van der Waals surface area contributed by atoms with Crippen LogP contribution in [0.2, 0.25) is 0 Å². The largest absolute Gasteiger partial charge is 0.431 e. The summed E-state index contributed by atoms with van der Waals surface area (Å²) < 4.78 is 65.9. The number of nitrogens with one attached hydrogen (secondary N) is 2. The van der Waals surface area contributed by atoms with Crippen molar-refractivity contribution in [3.63, 3.8) is 0 Å². The van der Waals surface area contributed by atoms with Gasteiger partial charge in [0.15, 0.2) is 5.03 Å². The first-order valence-electron chi connectivity index (χ1n) is 8.09. The van der Waals surface area contributed by atoms with E-state index in [1.807, 2.05) is 0 Å². The number of hydrogen-bond acceptors (Lipinski definition) is 5. The topological polar surface area (TPSA) is 108 Å². The van der Waals surface area contributed by atoms with E-state index in [-0.39, 0.29) is 16.1 Å². The van der Waals surface area contributed by atoms with E-state index in [0.29, 0.717) is 11.1 Å². The summed E-state index contributed by atoms with van der Waals surface area (Å²) in [6, 6.07) is 5.17. The fourth-order valence-corrected chi connectivity index (χ4v) is 3.91. The first-order chi connectivity index (χ1) is 12.9. The smallest absolute Gasteiger partial charge is 0.394 e. The molecule has 3 N–H and O–H groups in total. The molecule has 150 valence electrons. The molecule has 0 unspecified atom stereocenters. The molecule has 3 aromatic heterocycles. The first-order valence-corrected chi connectivity index (χ1v) is 9.57. The second-order valence-electron chi connectivity index (χ2n) is 6.83. The van der Waals surface area contributed by atoms with Gasteiger partial charge >= 0.3 is 6.18 Å². The van der Waals surface area contributed by atoms with Gasteiger partial charge in [-0.05, 0) is 43.7 Å². The molecule has 0 saturated carbocycles. The molecule has 0 saturated heterocycles. The molecule has 3 heterocycles. The Hall–Kier alpha value is -2.50. The minimum atomic E-state index is -4.54. The number of fused-ring (bicyclic) bond motifs is 1. The number of sulfonamides is 1. The lowest BCUT2D eigenvalue weighted by molar-refractivity contribution is -0.140. The summed E-state index contributed by atoms with van der Waals surface area (Å²) in [4.78, 5) is 10.1. The fraction of sp³-hybridized carbons (Fsp3) is 0.294. The summed E-state index contributed by atoms with van der Waals surface area (Å²) in [5, 5.41) is 9.19. The van der Waals surface area contributed by atoms with Crippen LogP contribution in [0, 0.1) is 0 Å². The van der Waals surface area contributed by atoms with E-state index >= 15 is 0 Å². The molecule has 0 spiro atoms. The van der Waals surface area contributed by atoms with Gasteiger partial charge in [-0.15, -0.1) is 0 Å². The van der Waals surface area contributed by atoms with Crippen LogP contribution in [-0.4, -0.2) is 40.6 Å². The number of aliphatic hydroxyl groups excluding tert-OH is 1. The zero-order chi connectivity index (χ0) is 20.7. The number of H-pyrrole nitrogens is 1. The number of pyridine rings is 2. The van der Waals surface area contributed by atoms with Crippen molar-refractivity contribution in [1.82, 2.24) is 19.7 Å². The van der Waals surface area contributed by atoms with Crippen molar-refractivity contribution in [2.75, 3.05) is 6.61 Å². The van der Waals surface area contributed by atoms with Crippen LogP contribution in [0.5, 0.6) is 0 Å². The zero-order valence-corrected chi connectivity index (χ0v) is 15.7. The number of aromatic amines is 1. The number of hydrogen-bond donors (Lipinski definition) is 3. The molecule has 28 heavy (non-hydrogen) atoms. The molecule has 3 rings (SSSR count). The maximum Gasteiger partial charge on any atom is 0.431 e. The molecule has 0 aliphatic carbocycles. The third kappa shape index (κ3) is 4.01. The highest BCUT2D eigenvalue weighted by Crippen LogP contribution is 2.34. The standard InChI is InChI=1S/C17H17F3N4O3S/c1-16(2,9-25)24-28(26,27)14-4-3-10(8-22-14)11-5-6-21-15-12(11)7-13(23-15)17(18,19)20/h3-8,24-25H,9H2,1-2H3,(H,21,23). The Bertz CT molecular complexity index is 1110. The second-order valence-corrected chi connectivity index (χ2v) is 8.46. The van der Waals surface area contributed by atoms with Gasteiger partial charge < -0.3 is 10.1 Å². The van der Waals surface area contributed by atoms with E-state index in [1.54, 1.807) is 0 Å². The van der Waals surface area contributed by atoms with Crippen molar-refractivity contribution >= 4 is 21.1 Å². The normalized spacial score (nSPS) is 13.2. The maximum absolute atomic E-state index is 12.9. The van der Waals surface area contributed by atoms with E-state index in [0.717, 1.165) is 6.07 Å². The van der Waals surface area contributed by atoms with Gasteiger partial charge in [0.1, 0.15) is 11.3 Å². The SMILES string of the molecule is CC(C)(CO)NS(=O)(=O)c1ccc(-c2ccnc3[nH]c(C(F)(F)F)cc23)cn1. The number of alkyl halides is 3. The second kappa shape index (κ2) is 6.83. The van der Waals surface area contributed by atoms with Gasteiger partial charge in [-0.25, -0.2) is 23.1 Å². The average Bonchev–Trinajstić information content (AvgIpc) is 3.06. The van der Waals surface area contributed by atoms with Crippen LogP contribution in [-0.2, 0) is 16.2 Å². The van der Waals surface area contributed by atoms with Crippen LogP contribution in [0.3, 0.4) is 0 Å². The number of rotatable bonds is 5. The van der Waals surface area contributed by atoms with Crippen molar-refractivity contribution < 1.29 is 26.7 Å². The van der Waals surface area contributed by atoms with Crippen LogP contribution in [0.1, 0.15) is 19.5 Å². The van der Waals surface area contributed by atoms with Gasteiger partial charge in [-0.1, -0.05) is 0 Å².